The van der Waals surface area contributed by atoms with Crippen molar-refractivity contribution < 1.29 is 4.74 Å². The highest BCUT2D eigenvalue weighted by Crippen LogP contribution is 2.28. The summed E-state index contributed by atoms with van der Waals surface area (Å²) in [7, 11) is 2.15. The van der Waals surface area contributed by atoms with Crippen molar-refractivity contribution in [1.29, 1.82) is 0 Å². The van der Waals surface area contributed by atoms with Gasteiger partial charge in [0, 0.05) is 57.6 Å². The minimum absolute atomic E-state index is 0.113. The number of ether oxygens (including phenoxy) is 1. The number of anilines is 2. The first-order valence-electron chi connectivity index (χ1n) is 12.7. The number of rotatable bonds is 11. The molecule has 0 N–H and O–H groups in total. The molecule has 1 aliphatic heterocycles. The Morgan fingerprint density at radius 2 is 1.47 bits per heavy atom. The number of hydrogen-bond acceptors (Lipinski definition) is 4. The Kier molecular flexibility index (Phi) is 9.14. The first kappa shape index (κ1) is 24.5. The van der Waals surface area contributed by atoms with Gasteiger partial charge < -0.3 is 14.5 Å². The molecule has 0 saturated carbocycles. The number of benzene rings is 3. The van der Waals surface area contributed by atoms with Gasteiger partial charge in [-0.15, -0.1) is 0 Å². The van der Waals surface area contributed by atoms with Gasteiger partial charge in [-0.25, -0.2) is 0 Å². The zero-order chi connectivity index (χ0) is 23.6. The molecule has 4 rings (SSSR count). The van der Waals surface area contributed by atoms with E-state index in [1.807, 2.05) is 0 Å². The molecule has 1 unspecified atom stereocenters. The summed E-state index contributed by atoms with van der Waals surface area (Å²) in [5, 5.41) is 0. The molecule has 0 amide bonds. The molecule has 1 aliphatic rings. The van der Waals surface area contributed by atoms with E-state index in [1.165, 1.54) is 35.5 Å². The van der Waals surface area contributed by atoms with Crippen LogP contribution < -0.4 is 4.90 Å². The van der Waals surface area contributed by atoms with Crippen molar-refractivity contribution in [2.45, 2.75) is 32.4 Å². The molecule has 0 bridgehead atoms. The van der Waals surface area contributed by atoms with Crippen molar-refractivity contribution in [1.82, 2.24) is 9.80 Å². The summed E-state index contributed by atoms with van der Waals surface area (Å²) in [5.41, 5.74) is 5.22. The molecule has 0 aromatic heterocycles. The van der Waals surface area contributed by atoms with Crippen molar-refractivity contribution in [3.63, 3.8) is 0 Å². The number of hydrogen-bond donors (Lipinski definition) is 0. The molecule has 1 atom stereocenters. The molecule has 3 aromatic carbocycles. The van der Waals surface area contributed by atoms with Gasteiger partial charge in [-0.3, -0.25) is 4.90 Å². The highest BCUT2D eigenvalue weighted by Gasteiger charge is 2.25. The van der Waals surface area contributed by atoms with Gasteiger partial charge in [0.2, 0.25) is 0 Å². The van der Waals surface area contributed by atoms with Crippen molar-refractivity contribution >= 4 is 11.4 Å². The van der Waals surface area contributed by atoms with Crippen LogP contribution >= 0.6 is 0 Å². The fourth-order valence-electron chi connectivity index (χ4n) is 4.90. The molecular weight excluding hydrogens is 418 g/mol. The maximum atomic E-state index is 6.29. The topological polar surface area (TPSA) is 19.0 Å². The van der Waals surface area contributed by atoms with Gasteiger partial charge in [-0.2, -0.15) is 0 Å². The highest BCUT2D eigenvalue weighted by molar-refractivity contribution is 5.65. The minimum Gasteiger partial charge on any atom is -0.363 e. The predicted molar refractivity (Wildman–Crippen MR) is 143 cm³/mol. The summed E-state index contributed by atoms with van der Waals surface area (Å²) >= 11 is 0. The van der Waals surface area contributed by atoms with Crippen LogP contribution in [-0.4, -0.2) is 62.4 Å². The van der Waals surface area contributed by atoms with Crippen LogP contribution in [0.1, 0.15) is 24.5 Å². The Labute approximate surface area is 205 Å². The standard InChI is InChI=1S/C30H39N3O/c1-3-34-30(25-27-16-10-11-19-29(27)31(2)28-17-8-5-9-18-28)33-23-21-32(22-24-33)20-12-15-26-13-6-4-7-14-26/h4-11,13-14,16-19,30H,3,12,15,20-25H2,1-2H3. The Morgan fingerprint density at radius 1 is 0.824 bits per heavy atom. The van der Waals surface area contributed by atoms with E-state index in [0.29, 0.717) is 0 Å². The van der Waals surface area contributed by atoms with Gasteiger partial charge in [-0.05, 0) is 55.6 Å². The van der Waals surface area contributed by atoms with E-state index < -0.39 is 0 Å². The third kappa shape index (κ3) is 6.69. The van der Waals surface area contributed by atoms with Gasteiger partial charge in [-0.1, -0.05) is 66.7 Å². The quantitative estimate of drug-likeness (QED) is 0.372. The molecule has 3 aromatic rings. The minimum atomic E-state index is 0.113. The van der Waals surface area contributed by atoms with Crippen molar-refractivity contribution in [3.8, 4) is 0 Å². The van der Waals surface area contributed by atoms with Crippen LogP contribution in [0.5, 0.6) is 0 Å². The summed E-state index contributed by atoms with van der Waals surface area (Å²) in [6.45, 7) is 8.37. The zero-order valence-electron chi connectivity index (χ0n) is 20.8. The number of piperazine rings is 1. The third-order valence-electron chi connectivity index (χ3n) is 6.85. The van der Waals surface area contributed by atoms with E-state index in [2.05, 4.69) is 114 Å². The summed E-state index contributed by atoms with van der Waals surface area (Å²) in [4.78, 5) is 7.43. The third-order valence-corrected chi connectivity index (χ3v) is 6.85. The van der Waals surface area contributed by atoms with Crippen molar-refractivity contribution in [2.75, 3.05) is 51.3 Å². The second-order valence-corrected chi connectivity index (χ2v) is 9.10. The Morgan fingerprint density at radius 3 is 2.18 bits per heavy atom. The number of nitrogens with zero attached hydrogens (tertiary/aromatic N) is 3. The van der Waals surface area contributed by atoms with E-state index >= 15 is 0 Å². The Bertz CT molecular complexity index is 971. The van der Waals surface area contributed by atoms with E-state index in [4.69, 9.17) is 4.74 Å². The monoisotopic (exact) mass is 457 g/mol. The molecule has 34 heavy (non-hydrogen) atoms. The summed E-state index contributed by atoms with van der Waals surface area (Å²) in [5.74, 6) is 0. The average molecular weight is 458 g/mol. The molecule has 4 nitrogen and oxygen atoms in total. The molecule has 0 radical (unpaired) electrons. The average Bonchev–Trinajstić information content (AvgIpc) is 2.90. The van der Waals surface area contributed by atoms with Crippen LogP contribution in [0, 0.1) is 0 Å². The fraction of sp³-hybridized carbons (Fsp3) is 0.400. The van der Waals surface area contributed by atoms with Gasteiger partial charge in [0.15, 0.2) is 0 Å². The van der Waals surface area contributed by atoms with Crippen LogP contribution in [0.15, 0.2) is 84.9 Å². The zero-order valence-corrected chi connectivity index (χ0v) is 20.8. The van der Waals surface area contributed by atoms with Crippen LogP contribution in [0.2, 0.25) is 0 Å². The smallest absolute Gasteiger partial charge is 0.114 e. The highest BCUT2D eigenvalue weighted by atomic mass is 16.5. The second-order valence-electron chi connectivity index (χ2n) is 9.10. The van der Waals surface area contributed by atoms with Gasteiger partial charge in [0.25, 0.3) is 0 Å². The van der Waals surface area contributed by atoms with E-state index in [9.17, 15) is 0 Å². The van der Waals surface area contributed by atoms with Gasteiger partial charge >= 0.3 is 0 Å². The first-order chi connectivity index (χ1) is 16.7. The lowest BCUT2D eigenvalue weighted by Gasteiger charge is -2.39. The summed E-state index contributed by atoms with van der Waals surface area (Å²) in [6, 6.07) is 30.1. The molecule has 0 aliphatic carbocycles. The lowest BCUT2D eigenvalue weighted by Crippen LogP contribution is -2.52. The maximum absolute atomic E-state index is 6.29. The Balaban J connectivity index is 1.34. The number of para-hydroxylation sites is 2. The van der Waals surface area contributed by atoms with Crippen LogP contribution in [0.3, 0.4) is 0 Å². The van der Waals surface area contributed by atoms with Crippen LogP contribution in [0.4, 0.5) is 11.4 Å². The lowest BCUT2D eigenvalue weighted by atomic mass is 10.1. The fourth-order valence-corrected chi connectivity index (χ4v) is 4.90. The molecular formula is C30H39N3O. The predicted octanol–water partition coefficient (Wildman–Crippen LogP) is 5.61. The van der Waals surface area contributed by atoms with Crippen molar-refractivity contribution in [3.05, 3.63) is 96.1 Å². The van der Waals surface area contributed by atoms with Gasteiger partial charge in [0.05, 0.1) is 0 Å². The van der Waals surface area contributed by atoms with Crippen molar-refractivity contribution in [2.24, 2.45) is 0 Å². The number of aryl methyl sites for hydroxylation is 1. The lowest BCUT2D eigenvalue weighted by molar-refractivity contribution is -0.0712. The Hall–Kier alpha value is -2.66. The molecule has 1 heterocycles. The van der Waals surface area contributed by atoms with E-state index in [-0.39, 0.29) is 6.23 Å². The van der Waals surface area contributed by atoms with E-state index in [1.54, 1.807) is 0 Å². The molecule has 1 saturated heterocycles. The van der Waals surface area contributed by atoms with Gasteiger partial charge in [0.1, 0.15) is 6.23 Å². The maximum Gasteiger partial charge on any atom is 0.114 e. The normalized spacial score (nSPS) is 15.8. The summed E-state index contributed by atoms with van der Waals surface area (Å²) in [6.07, 6.45) is 3.39. The first-order valence-corrected chi connectivity index (χ1v) is 12.7. The largest absolute Gasteiger partial charge is 0.363 e. The van der Waals surface area contributed by atoms with E-state index in [0.717, 1.165) is 45.6 Å². The molecule has 0 spiro atoms. The SMILES string of the molecule is CCOC(Cc1ccccc1N(C)c1ccccc1)N1CCN(CCCc2ccccc2)CC1. The second kappa shape index (κ2) is 12.7. The van der Waals surface area contributed by atoms with Crippen LogP contribution in [0.25, 0.3) is 0 Å². The molecule has 180 valence electrons. The molecule has 1 fully saturated rings. The molecule has 4 heteroatoms. The van der Waals surface area contributed by atoms with Crippen LogP contribution in [-0.2, 0) is 17.6 Å². The summed E-state index contributed by atoms with van der Waals surface area (Å²) < 4.78 is 6.29.